The van der Waals surface area contributed by atoms with Crippen LogP contribution in [0.5, 0.6) is 0 Å². The van der Waals surface area contributed by atoms with Crippen LogP contribution in [0.1, 0.15) is 35.7 Å². The molecule has 2 aliphatic rings. The molecule has 26 heavy (non-hydrogen) atoms. The maximum Gasteiger partial charge on any atom is 0.264 e. The predicted octanol–water partition coefficient (Wildman–Crippen LogP) is 3.37. The van der Waals surface area contributed by atoms with Crippen molar-refractivity contribution >= 4 is 33.2 Å². The molecule has 5 nitrogen and oxygen atoms in total. The monoisotopic (exact) mass is 390 g/mol. The van der Waals surface area contributed by atoms with Crippen molar-refractivity contribution in [1.82, 2.24) is 5.32 Å². The minimum Gasteiger partial charge on any atom is -0.349 e. The van der Waals surface area contributed by atoms with Gasteiger partial charge in [-0.15, -0.1) is 0 Å². The summed E-state index contributed by atoms with van der Waals surface area (Å²) < 4.78 is 27.6. The Morgan fingerprint density at radius 1 is 1.15 bits per heavy atom. The largest absolute Gasteiger partial charge is 0.349 e. The van der Waals surface area contributed by atoms with Gasteiger partial charge in [0, 0.05) is 22.7 Å². The lowest BCUT2D eigenvalue weighted by Gasteiger charge is -2.24. The van der Waals surface area contributed by atoms with Crippen LogP contribution in [-0.4, -0.2) is 26.4 Å². The minimum atomic E-state index is -3.69. The van der Waals surface area contributed by atoms with Crippen molar-refractivity contribution in [2.45, 2.75) is 43.2 Å². The van der Waals surface area contributed by atoms with E-state index in [1.807, 2.05) is 6.92 Å². The molecule has 7 heteroatoms. The highest BCUT2D eigenvalue weighted by Crippen LogP contribution is 2.37. The van der Waals surface area contributed by atoms with Gasteiger partial charge in [0.2, 0.25) is 0 Å². The highest BCUT2D eigenvalue weighted by Gasteiger charge is 2.36. The van der Waals surface area contributed by atoms with Crippen molar-refractivity contribution in [1.29, 1.82) is 0 Å². The summed E-state index contributed by atoms with van der Waals surface area (Å²) in [7, 11) is -3.69. The standard InChI is InChI=1S/C19H19ClN2O3S/c1-12-10-14-11-13(19(23)21-16-5-6-16)2-9-18(14)22(12)26(24,25)17-7-3-15(20)4-8-17/h2-4,7-9,11-12,16H,5-6,10H2,1H3,(H,21,23)/t12-/m0/s1. The fourth-order valence-electron chi connectivity index (χ4n) is 3.33. The van der Waals surface area contributed by atoms with Crippen LogP contribution in [0.15, 0.2) is 47.4 Å². The van der Waals surface area contributed by atoms with Gasteiger partial charge in [-0.25, -0.2) is 8.42 Å². The first-order chi connectivity index (χ1) is 12.4. The van der Waals surface area contributed by atoms with Gasteiger partial charge < -0.3 is 5.32 Å². The number of anilines is 1. The Hall–Kier alpha value is -2.05. The van der Waals surface area contributed by atoms with Gasteiger partial charge in [0.15, 0.2) is 0 Å². The fourth-order valence-corrected chi connectivity index (χ4v) is 5.15. The first kappa shape index (κ1) is 17.4. The third-order valence-electron chi connectivity index (χ3n) is 4.78. The van der Waals surface area contributed by atoms with E-state index in [4.69, 9.17) is 11.6 Å². The molecule has 136 valence electrons. The van der Waals surface area contributed by atoms with Crippen molar-refractivity contribution in [3.05, 3.63) is 58.6 Å². The van der Waals surface area contributed by atoms with Crippen molar-refractivity contribution in [2.24, 2.45) is 0 Å². The molecule has 0 saturated heterocycles. The van der Waals surface area contributed by atoms with Gasteiger partial charge in [0.1, 0.15) is 0 Å². The number of fused-ring (bicyclic) bond motifs is 1. The van der Waals surface area contributed by atoms with Crippen LogP contribution >= 0.6 is 11.6 Å². The van der Waals surface area contributed by atoms with Gasteiger partial charge in [-0.3, -0.25) is 9.10 Å². The number of hydrogen-bond acceptors (Lipinski definition) is 3. The van der Waals surface area contributed by atoms with E-state index in [9.17, 15) is 13.2 Å². The van der Waals surface area contributed by atoms with E-state index >= 15 is 0 Å². The molecule has 1 amide bonds. The lowest BCUT2D eigenvalue weighted by molar-refractivity contribution is 0.0951. The van der Waals surface area contributed by atoms with Gasteiger partial charge in [-0.1, -0.05) is 11.6 Å². The first-order valence-corrected chi connectivity index (χ1v) is 10.4. The number of halogens is 1. The second-order valence-corrected chi connectivity index (χ2v) is 9.15. The number of carbonyl (C=O) groups is 1. The molecule has 1 heterocycles. The number of carbonyl (C=O) groups excluding carboxylic acids is 1. The first-order valence-electron chi connectivity index (χ1n) is 8.60. The highest BCUT2D eigenvalue weighted by molar-refractivity contribution is 7.92. The summed E-state index contributed by atoms with van der Waals surface area (Å²) in [6.45, 7) is 1.87. The van der Waals surface area contributed by atoms with E-state index in [-0.39, 0.29) is 22.9 Å². The predicted molar refractivity (Wildman–Crippen MR) is 101 cm³/mol. The molecule has 1 saturated carbocycles. The number of hydrogen-bond donors (Lipinski definition) is 1. The van der Waals surface area contributed by atoms with Crippen LogP contribution < -0.4 is 9.62 Å². The van der Waals surface area contributed by atoms with E-state index in [0.717, 1.165) is 18.4 Å². The zero-order valence-electron chi connectivity index (χ0n) is 14.3. The summed E-state index contributed by atoms with van der Waals surface area (Å²) in [5.74, 6) is -0.0954. The smallest absolute Gasteiger partial charge is 0.264 e. The molecule has 0 radical (unpaired) electrons. The maximum atomic E-state index is 13.1. The van der Waals surface area contributed by atoms with Crippen LogP contribution in [-0.2, 0) is 16.4 Å². The summed E-state index contributed by atoms with van der Waals surface area (Å²) in [6.07, 6.45) is 2.63. The Bertz CT molecular complexity index is 969. The van der Waals surface area contributed by atoms with Gasteiger partial charge in [0.05, 0.1) is 10.6 Å². The van der Waals surface area contributed by atoms with Crippen LogP contribution in [0.2, 0.25) is 5.02 Å². The lowest BCUT2D eigenvalue weighted by atomic mass is 10.1. The molecule has 0 spiro atoms. The number of benzene rings is 2. The second-order valence-electron chi connectivity index (χ2n) is 6.90. The maximum absolute atomic E-state index is 13.1. The van der Waals surface area contributed by atoms with Gasteiger partial charge in [-0.2, -0.15) is 0 Å². The molecule has 1 aliphatic carbocycles. The summed E-state index contributed by atoms with van der Waals surface area (Å²) in [5, 5.41) is 3.45. The molecular formula is C19H19ClN2O3S. The Balaban J connectivity index is 1.67. The number of rotatable bonds is 4. The summed E-state index contributed by atoms with van der Waals surface area (Å²) in [6, 6.07) is 11.5. The van der Waals surface area contributed by atoms with Crippen molar-refractivity contribution in [2.75, 3.05) is 4.31 Å². The molecule has 0 bridgehead atoms. The van der Waals surface area contributed by atoms with E-state index < -0.39 is 10.0 Å². The third-order valence-corrected chi connectivity index (χ3v) is 6.97. The molecule has 2 aromatic carbocycles. The average molecular weight is 391 g/mol. The Morgan fingerprint density at radius 2 is 1.85 bits per heavy atom. The van der Waals surface area contributed by atoms with E-state index in [1.54, 1.807) is 30.3 Å². The quantitative estimate of drug-likeness (QED) is 0.870. The van der Waals surface area contributed by atoms with Crippen LogP contribution in [0.25, 0.3) is 0 Å². The SMILES string of the molecule is C[C@H]1Cc2cc(C(=O)NC3CC3)ccc2N1S(=O)(=O)c1ccc(Cl)cc1. The summed E-state index contributed by atoms with van der Waals surface area (Å²) >= 11 is 5.87. The molecule has 1 aliphatic heterocycles. The topological polar surface area (TPSA) is 66.5 Å². The summed E-state index contributed by atoms with van der Waals surface area (Å²) in [5.41, 5.74) is 2.09. The average Bonchev–Trinajstić information content (AvgIpc) is 3.33. The Kier molecular flexibility index (Phi) is 4.20. The number of sulfonamides is 1. The zero-order chi connectivity index (χ0) is 18.5. The third kappa shape index (κ3) is 3.08. The van der Waals surface area contributed by atoms with Crippen molar-refractivity contribution in [3.8, 4) is 0 Å². The van der Waals surface area contributed by atoms with Crippen molar-refractivity contribution < 1.29 is 13.2 Å². The van der Waals surface area contributed by atoms with Crippen LogP contribution in [0.4, 0.5) is 5.69 Å². The Morgan fingerprint density at radius 3 is 2.50 bits per heavy atom. The number of amides is 1. The number of nitrogens with zero attached hydrogens (tertiary/aromatic N) is 1. The summed E-state index contributed by atoms with van der Waals surface area (Å²) in [4.78, 5) is 12.5. The molecule has 4 rings (SSSR count). The molecule has 0 unspecified atom stereocenters. The molecule has 0 aromatic heterocycles. The van der Waals surface area contributed by atoms with Gasteiger partial charge >= 0.3 is 0 Å². The molecule has 1 atom stereocenters. The number of nitrogens with one attached hydrogen (secondary N) is 1. The molecule has 1 N–H and O–H groups in total. The molecule has 2 aromatic rings. The van der Waals surface area contributed by atoms with E-state index in [0.29, 0.717) is 22.7 Å². The van der Waals surface area contributed by atoms with Crippen molar-refractivity contribution in [3.63, 3.8) is 0 Å². The zero-order valence-corrected chi connectivity index (χ0v) is 15.8. The van der Waals surface area contributed by atoms with Crippen LogP contribution in [0.3, 0.4) is 0 Å². The molecule has 1 fully saturated rings. The van der Waals surface area contributed by atoms with E-state index in [1.165, 1.54) is 16.4 Å². The lowest BCUT2D eigenvalue weighted by Crippen LogP contribution is -2.35. The van der Waals surface area contributed by atoms with Crippen LogP contribution in [0, 0.1) is 0 Å². The fraction of sp³-hybridized carbons (Fsp3) is 0.316. The Labute approximate surface area is 158 Å². The highest BCUT2D eigenvalue weighted by atomic mass is 35.5. The van der Waals surface area contributed by atoms with Gasteiger partial charge in [0.25, 0.3) is 15.9 Å². The molecular weight excluding hydrogens is 372 g/mol. The van der Waals surface area contributed by atoms with E-state index in [2.05, 4.69) is 5.32 Å². The normalized spacial score (nSPS) is 19.3. The second kappa shape index (κ2) is 6.28. The van der Waals surface area contributed by atoms with Gasteiger partial charge in [-0.05, 0) is 74.2 Å². The minimum absolute atomic E-state index is 0.0954.